The Bertz CT molecular complexity index is 208. The predicted molar refractivity (Wildman–Crippen MR) is 65.7 cm³/mol. The Morgan fingerprint density at radius 1 is 1.20 bits per heavy atom. The van der Waals surface area contributed by atoms with E-state index in [9.17, 15) is 5.11 Å². The van der Waals surface area contributed by atoms with Crippen LogP contribution in [0.3, 0.4) is 0 Å². The molecular formula is C13H25NO. The van der Waals surface area contributed by atoms with Crippen LogP contribution in [0, 0.1) is 12.3 Å². The Hall–Kier alpha value is -0.520. The first-order valence-corrected chi connectivity index (χ1v) is 5.68. The van der Waals surface area contributed by atoms with E-state index in [2.05, 4.69) is 32.0 Å². The van der Waals surface area contributed by atoms with Crippen LogP contribution in [0.5, 0.6) is 0 Å². The fourth-order valence-electron chi connectivity index (χ4n) is 1.40. The second-order valence-corrected chi connectivity index (χ2v) is 5.48. The molecule has 0 spiro atoms. The van der Waals surface area contributed by atoms with E-state index in [4.69, 9.17) is 6.42 Å². The van der Waals surface area contributed by atoms with E-state index in [1.807, 2.05) is 6.92 Å². The van der Waals surface area contributed by atoms with Crippen LogP contribution >= 0.6 is 0 Å². The fraction of sp³-hybridized carbons (Fsp3) is 0.846. The highest BCUT2D eigenvalue weighted by molar-refractivity contribution is 4.85. The molecule has 0 bridgehead atoms. The van der Waals surface area contributed by atoms with Crippen molar-refractivity contribution in [2.24, 2.45) is 0 Å². The molecule has 15 heavy (non-hydrogen) atoms. The lowest BCUT2D eigenvalue weighted by atomic mass is 9.95. The van der Waals surface area contributed by atoms with Crippen molar-refractivity contribution >= 4 is 0 Å². The molecule has 0 fully saturated rings. The Labute approximate surface area is 94.5 Å². The first-order chi connectivity index (χ1) is 6.77. The zero-order valence-corrected chi connectivity index (χ0v) is 10.6. The molecule has 0 aromatic rings. The normalized spacial score (nSPS) is 15.7. The van der Waals surface area contributed by atoms with Gasteiger partial charge in [0.05, 0.1) is 5.60 Å². The summed E-state index contributed by atoms with van der Waals surface area (Å²) >= 11 is 0. The first-order valence-electron chi connectivity index (χ1n) is 5.68. The van der Waals surface area contributed by atoms with Crippen molar-refractivity contribution in [2.45, 2.75) is 64.5 Å². The molecular weight excluding hydrogens is 186 g/mol. The van der Waals surface area contributed by atoms with Crippen LogP contribution in [0.15, 0.2) is 0 Å². The molecule has 2 heteroatoms. The molecule has 0 aromatic carbocycles. The molecule has 0 saturated heterocycles. The van der Waals surface area contributed by atoms with E-state index in [-0.39, 0.29) is 5.54 Å². The second-order valence-electron chi connectivity index (χ2n) is 5.48. The molecule has 0 heterocycles. The summed E-state index contributed by atoms with van der Waals surface area (Å²) in [6.45, 7) is 9.10. The predicted octanol–water partition coefficient (Wildman–Crippen LogP) is 2.32. The van der Waals surface area contributed by atoms with Crippen LogP contribution in [0.25, 0.3) is 0 Å². The molecule has 0 saturated carbocycles. The average molecular weight is 211 g/mol. The summed E-state index contributed by atoms with van der Waals surface area (Å²) in [4.78, 5) is 0. The standard InChI is InChI=1S/C13H25NO/c1-6-7-8-9-13(5,15)10-11-14-12(2,3)4/h1,14-15H,7-11H2,2-5H3. The van der Waals surface area contributed by atoms with E-state index >= 15 is 0 Å². The van der Waals surface area contributed by atoms with Gasteiger partial charge in [0.15, 0.2) is 0 Å². The summed E-state index contributed by atoms with van der Waals surface area (Å²) in [7, 11) is 0. The van der Waals surface area contributed by atoms with Gasteiger partial charge in [0.2, 0.25) is 0 Å². The maximum absolute atomic E-state index is 10.0. The highest BCUT2D eigenvalue weighted by Gasteiger charge is 2.20. The molecule has 88 valence electrons. The number of nitrogens with one attached hydrogen (secondary N) is 1. The van der Waals surface area contributed by atoms with Gasteiger partial charge in [-0.2, -0.15) is 0 Å². The van der Waals surface area contributed by atoms with Crippen molar-refractivity contribution in [3.05, 3.63) is 0 Å². The topological polar surface area (TPSA) is 32.3 Å². The average Bonchev–Trinajstić information content (AvgIpc) is 2.01. The molecule has 1 unspecified atom stereocenters. The lowest BCUT2D eigenvalue weighted by molar-refractivity contribution is 0.0392. The highest BCUT2D eigenvalue weighted by Crippen LogP contribution is 2.17. The molecule has 0 rings (SSSR count). The SMILES string of the molecule is C#CCCCC(C)(O)CCNC(C)(C)C. The Kier molecular flexibility index (Phi) is 5.93. The number of rotatable bonds is 6. The van der Waals surface area contributed by atoms with E-state index < -0.39 is 5.60 Å². The van der Waals surface area contributed by atoms with Crippen molar-refractivity contribution in [3.63, 3.8) is 0 Å². The summed E-state index contributed by atoms with van der Waals surface area (Å²) in [6.07, 6.45) is 8.38. The molecule has 0 aromatic heterocycles. The van der Waals surface area contributed by atoms with Gasteiger partial charge >= 0.3 is 0 Å². The maximum atomic E-state index is 10.0. The van der Waals surface area contributed by atoms with Crippen molar-refractivity contribution in [3.8, 4) is 12.3 Å². The van der Waals surface area contributed by atoms with Crippen molar-refractivity contribution in [1.82, 2.24) is 5.32 Å². The molecule has 1 atom stereocenters. The molecule has 0 aliphatic rings. The van der Waals surface area contributed by atoms with Crippen LogP contribution in [-0.4, -0.2) is 22.8 Å². The zero-order chi connectivity index (χ0) is 11.9. The molecule has 0 amide bonds. The van der Waals surface area contributed by atoms with Gasteiger partial charge in [-0.05, 0) is 53.5 Å². The van der Waals surface area contributed by atoms with Crippen LogP contribution in [-0.2, 0) is 0 Å². The number of hydrogen-bond donors (Lipinski definition) is 2. The van der Waals surface area contributed by atoms with Gasteiger partial charge in [0, 0.05) is 12.0 Å². The van der Waals surface area contributed by atoms with Crippen LogP contribution in [0.4, 0.5) is 0 Å². The highest BCUT2D eigenvalue weighted by atomic mass is 16.3. The van der Waals surface area contributed by atoms with Crippen molar-refractivity contribution in [2.75, 3.05) is 6.54 Å². The smallest absolute Gasteiger partial charge is 0.0632 e. The Morgan fingerprint density at radius 2 is 1.80 bits per heavy atom. The molecule has 2 nitrogen and oxygen atoms in total. The Morgan fingerprint density at radius 3 is 2.27 bits per heavy atom. The van der Waals surface area contributed by atoms with E-state index in [1.165, 1.54) is 0 Å². The summed E-state index contributed by atoms with van der Waals surface area (Å²) in [6, 6.07) is 0. The first kappa shape index (κ1) is 14.5. The van der Waals surface area contributed by atoms with Gasteiger partial charge in [-0.3, -0.25) is 0 Å². The van der Waals surface area contributed by atoms with E-state index in [0.717, 1.165) is 32.2 Å². The van der Waals surface area contributed by atoms with E-state index in [0.29, 0.717) is 0 Å². The molecule has 0 aliphatic carbocycles. The third-order valence-electron chi connectivity index (χ3n) is 2.36. The summed E-state index contributed by atoms with van der Waals surface area (Å²) in [5.74, 6) is 2.59. The van der Waals surface area contributed by atoms with Crippen LogP contribution in [0.2, 0.25) is 0 Å². The minimum Gasteiger partial charge on any atom is -0.390 e. The number of terminal acetylenes is 1. The third-order valence-corrected chi connectivity index (χ3v) is 2.36. The second kappa shape index (κ2) is 6.15. The Balaban J connectivity index is 3.70. The molecule has 0 aliphatic heterocycles. The minimum absolute atomic E-state index is 0.120. The van der Waals surface area contributed by atoms with E-state index in [1.54, 1.807) is 0 Å². The third kappa shape index (κ3) is 9.78. The lowest BCUT2D eigenvalue weighted by Crippen LogP contribution is -2.39. The van der Waals surface area contributed by atoms with Crippen molar-refractivity contribution in [1.29, 1.82) is 0 Å². The summed E-state index contributed by atoms with van der Waals surface area (Å²) in [5, 5.41) is 13.4. The summed E-state index contributed by atoms with van der Waals surface area (Å²) < 4.78 is 0. The molecule has 0 radical (unpaired) electrons. The maximum Gasteiger partial charge on any atom is 0.0632 e. The number of hydrogen-bond acceptors (Lipinski definition) is 2. The largest absolute Gasteiger partial charge is 0.390 e. The summed E-state index contributed by atoms with van der Waals surface area (Å²) in [5.41, 5.74) is -0.468. The van der Waals surface area contributed by atoms with Crippen LogP contribution in [0.1, 0.15) is 53.4 Å². The van der Waals surface area contributed by atoms with Gasteiger partial charge in [-0.15, -0.1) is 12.3 Å². The minimum atomic E-state index is -0.588. The molecule has 2 N–H and O–H groups in total. The number of unbranched alkanes of at least 4 members (excludes halogenated alkanes) is 1. The van der Waals surface area contributed by atoms with Crippen LogP contribution < -0.4 is 5.32 Å². The van der Waals surface area contributed by atoms with Gasteiger partial charge in [0.25, 0.3) is 0 Å². The lowest BCUT2D eigenvalue weighted by Gasteiger charge is -2.26. The van der Waals surface area contributed by atoms with Gasteiger partial charge in [-0.1, -0.05) is 0 Å². The fourth-order valence-corrected chi connectivity index (χ4v) is 1.40. The zero-order valence-electron chi connectivity index (χ0n) is 10.6. The quantitative estimate of drug-likeness (QED) is 0.522. The number of aliphatic hydroxyl groups is 1. The van der Waals surface area contributed by atoms with Crippen molar-refractivity contribution < 1.29 is 5.11 Å². The van der Waals surface area contributed by atoms with Gasteiger partial charge < -0.3 is 10.4 Å². The van der Waals surface area contributed by atoms with Gasteiger partial charge in [-0.25, -0.2) is 0 Å². The monoisotopic (exact) mass is 211 g/mol. The van der Waals surface area contributed by atoms with Gasteiger partial charge in [0.1, 0.15) is 0 Å².